The summed E-state index contributed by atoms with van der Waals surface area (Å²) in [6, 6.07) is 3.71. The summed E-state index contributed by atoms with van der Waals surface area (Å²) in [6.45, 7) is 1.21. The minimum absolute atomic E-state index is 0.228. The molecule has 0 radical (unpaired) electrons. The molecular weight excluding hydrogens is 185 g/mol. The monoisotopic (exact) mass is 199 g/mol. The molecule has 1 rings (SSSR count). The van der Waals surface area contributed by atoms with Crippen LogP contribution in [0, 0.1) is 5.82 Å². The van der Waals surface area contributed by atoms with Crippen molar-refractivity contribution in [2.45, 2.75) is 25.7 Å². The molecule has 3 nitrogen and oxygen atoms in total. The van der Waals surface area contributed by atoms with Crippen LogP contribution in [-0.4, -0.2) is 16.3 Å². The summed E-state index contributed by atoms with van der Waals surface area (Å²) in [6.07, 6.45) is -0.727. The zero-order valence-electron chi connectivity index (χ0n) is 7.94. The Morgan fingerprint density at radius 3 is 2.57 bits per heavy atom. The first-order valence-electron chi connectivity index (χ1n) is 4.39. The highest BCUT2D eigenvalue weighted by Crippen LogP contribution is 2.17. The fourth-order valence-electron chi connectivity index (χ4n) is 1.18. The second-order valence-electron chi connectivity index (χ2n) is 3.28. The van der Waals surface area contributed by atoms with E-state index in [9.17, 15) is 9.50 Å². The molecule has 0 aliphatic carbocycles. The van der Waals surface area contributed by atoms with Crippen LogP contribution in [0.4, 0.5) is 4.39 Å². The number of hydrogen-bond donors (Lipinski definition) is 3. The van der Waals surface area contributed by atoms with Gasteiger partial charge in [0.05, 0.1) is 18.8 Å². The Morgan fingerprint density at radius 1 is 1.50 bits per heavy atom. The SMILES string of the molecule is CC(O)C(N)c1ccc(CO)c(F)c1. The molecule has 1 aromatic rings. The molecule has 0 heterocycles. The fourth-order valence-corrected chi connectivity index (χ4v) is 1.18. The van der Waals surface area contributed by atoms with Gasteiger partial charge in [0.2, 0.25) is 0 Å². The van der Waals surface area contributed by atoms with Crippen LogP contribution >= 0.6 is 0 Å². The topological polar surface area (TPSA) is 66.5 Å². The smallest absolute Gasteiger partial charge is 0.129 e. The molecule has 4 heteroatoms. The van der Waals surface area contributed by atoms with Crippen LogP contribution in [0.15, 0.2) is 18.2 Å². The van der Waals surface area contributed by atoms with Gasteiger partial charge >= 0.3 is 0 Å². The van der Waals surface area contributed by atoms with Crippen LogP contribution in [0.5, 0.6) is 0 Å². The maximum atomic E-state index is 13.2. The van der Waals surface area contributed by atoms with Crippen molar-refractivity contribution in [1.82, 2.24) is 0 Å². The molecular formula is C10H14FNO2. The van der Waals surface area contributed by atoms with Gasteiger partial charge in [-0.3, -0.25) is 0 Å². The fraction of sp³-hybridized carbons (Fsp3) is 0.400. The van der Waals surface area contributed by atoms with Crippen LogP contribution in [-0.2, 0) is 6.61 Å². The first-order chi connectivity index (χ1) is 6.56. The Hall–Kier alpha value is -0.970. The number of halogens is 1. The Kier molecular flexibility index (Phi) is 3.57. The maximum absolute atomic E-state index is 13.2. The lowest BCUT2D eigenvalue weighted by molar-refractivity contribution is 0.164. The van der Waals surface area contributed by atoms with Gasteiger partial charge in [0.25, 0.3) is 0 Å². The van der Waals surface area contributed by atoms with E-state index >= 15 is 0 Å². The number of rotatable bonds is 3. The summed E-state index contributed by atoms with van der Waals surface area (Å²) in [5.74, 6) is -0.499. The molecule has 78 valence electrons. The summed E-state index contributed by atoms with van der Waals surface area (Å²) in [5.41, 5.74) is 6.37. The molecule has 0 fully saturated rings. The zero-order chi connectivity index (χ0) is 10.7. The van der Waals surface area contributed by atoms with E-state index in [1.165, 1.54) is 12.1 Å². The Balaban J connectivity index is 2.96. The Labute approximate surface area is 82.0 Å². The van der Waals surface area contributed by atoms with Crippen molar-refractivity contribution in [3.8, 4) is 0 Å². The first kappa shape index (κ1) is 11.1. The van der Waals surface area contributed by atoms with Gasteiger partial charge in [0.15, 0.2) is 0 Å². The van der Waals surface area contributed by atoms with Crippen molar-refractivity contribution in [1.29, 1.82) is 0 Å². The van der Waals surface area contributed by atoms with Crippen LogP contribution in [0.1, 0.15) is 24.1 Å². The highest BCUT2D eigenvalue weighted by molar-refractivity contribution is 5.26. The second kappa shape index (κ2) is 4.50. The molecule has 0 saturated carbocycles. The maximum Gasteiger partial charge on any atom is 0.129 e. The van der Waals surface area contributed by atoms with Crippen molar-refractivity contribution < 1.29 is 14.6 Å². The van der Waals surface area contributed by atoms with Crippen LogP contribution in [0.2, 0.25) is 0 Å². The number of aliphatic hydroxyl groups excluding tert-OH is 2. The summed E-state index contributed by atoms with van der Waals surface area (Å²) in [5, 5.41) is 17.9. The van der Waals surface area contributed by atoms with E-state index in [-0.39, 0.29) is 12.2 Å². The van der Waals surface area contributed by atoms with Gasteiger partial charge in [-0.05, 0) is 18.6 Å². The van der Waals surface area contributed by atoms with Crippen molar-refractivity contribution in [2.24, 2.45) is 5.73 Å². The van der Waals surface area contributed by atoms with E-state index in [1.54, 1.807) is 13.0 Å². The van der Waals surface area contributed by atoms with Crippen LogP contribution in [0.3, 0.4) is 0 Å². The number of hydrogen-bond acceptors (Lipinski definition) is 3. The number of benzene rings is 1. The molecule has 1 aromatic carbocycles. The standard InChI is InChI=1S/C10H14FNO2/c1-6(14)10(12)7-2-3-8(5-13)9(11)4-7/h2-4,6,10,13-14H,5,12H2,1H3. The minimum atomic E-state index is -0.727. The average Bonchev–Trinajstić information content (AvgIpc) is 2.16. The molecule has 0 aliphatic heterocycles. The molecule has 2 unspecified atom stereocenters. The lowest BCUT2D eigenvalue weighted by atomic mass is 10.0. The van der Waals surface area contributed by atoms with Gasteiger partial charge in [0, 0.05) is 5.56 Å². The molecule has 0 spiro atoms. The van der Waals surface area contributed by atoms with Gasteiger partial charge in [-0.1, -0.05) is 12.1 Å². The third-order valence-corrected chi connectivity index (χ3v) is 2.15. The van der Waals surface area contributed by atoms with Crippen molar-refractivity contribution >= 4 is 0 Å². The summed E-state index contributed by atoms with van der Waals surface area (Å²) >= 11 is 0. The van der Waals surface area contributed by atoms with Crippen molar-refractivity contribution in [3.63, 3.8) is 0 Å². The quantitative estimate of drug-likeness (QED) is 0.671. The zero-order valence-corrected chi connectivity index (χ0v) is 7.94. The highest BCUT2D eigenvalue weighted by atomic mass is 19.1. The van der Waals surface area contributed by atoms with Gasteiger partial charge in [0.1, 0.15) is 5.82 Å². The molecule has 14 heavy (non-hydrogen) atoms. The Morgan fingerprint density at radius 2 is 2.14 bits per heavy atom. The molecule has 0 bridgehead atoms. The third kappa shape index (κ3) is 2.29. The molecule has 4 N–H and O–H groups in total. The van der Waals surface area contributed by atoms with E-state index in [0.29, 0.717) is 5.56 Å². The average molecular weight is 199 g/mol. The number of aliphatic hydroxyl groups is 2. The molecule has 0 aromatic heterocycles. The second-order valence-corrected chi connectivity index (χ2v) is 3.28. The van der Waals surface area contributed by atoms with Crippen LogP contribution < -0.4 is 5.73 Å². The van der Waals surface area contributed by atoms with E-state index < -0.39 is 18.0 Å². The lowest BCUT2D eigenvalue weighted by Gasteiger charge is -2.15. The van der Waals surface area contributed by atoms with Crippen molar-refractivity contribution in [2.75, 3.05) is 0 Å². The molecule has 0 aliphatic rings. The lowest BCUT2D eigenvalue weighted by Crippen LogP contribution is -2.23. The molecule has 2 atom stereocenters. The summed E-state index contributed by atoms with van der Waals surface area (Å²) < 4.78 is 13.2. The summed E-state index contributed by atoms with van der Waals surface area (Å²) in [7, 11) is 0. The van der Waals surface area contributed by atoms with Gasteiger partial charge in [-0.2, -0.15) is 0 Å². The summed E-state index contributed by atoms with van der Waals surface area (Å²) in [4.78, 5) is 0. The van der Waals surface area contributed by atoms with E-state index in [2.05, 4.69) is 0 Å². The van der Waals surface area contributed by atoms with Gasteiger partial charge in [-0.25, -0.2) is 4.39 Å². The minimum Gasteiger partial charge on any atom is -0.392 e. The van der Waals surface area contributed by atoms with Gasteiger partial charge < -0.3 is 15.9 Å². The molecule has 0 amide bonds. The predicted octanol–water partition coefficient (Wildman–Crippen LogP) is 0.699. The van der Waals surface area contributed by atoms with Crippen molar-refractivity contribution in [3.05, 3.63) is 35.1 Å². The number of nitrogens with two attached hydrogens (primary N) is 1. The van der Waals surface area contributed by atoms with E-state index in [4.69, 9.17) is 10.8 Å². The molecule has 0 saturated heterocycles. The Bertz CT molecular complexity index is 315. The third-order valence-electron chi connectivity index (χ3n) is 2.15. The highest BCUT2D eigenvalue weighted by Gasteiger charge is 2.13. The predicted molar refractivity (Wildman–Crippen MR) is 50.9 cm³/mol. The first-order valence-corrected chi connectivity index (χ1v) is 4.39. The largest absolute Gasteiger partial charge is 0.392 e. The van der Waals surface area contributed by atoms with E-state index in [1.807, 2.05) is 0 Å². The van der Waals surface area contributed by atoms with Gasteiger partial charge in [-0.15, -0.1) is 0 Å². The van der Waals surface area contributed by atoms with E-state index in [0.717, 1.165) is 0 Å². The normalized spacial score (nSPS) is 15.2. The van der Waals surface area contributed by atoms with Crippen LogP contribution in [0.25, 0.3) is 0 Å².